The average molecular weight is 326 g/mol. The zero-order valence-electron chi connectivity index (χ0n) is 12.0. The third kappa shape index (κ3) is 4.35. The normalized spacial score (nSPS) is 13.1. The minimum atomic E-state index is -3.67. The third-order valence-electron chi connectivity index (χ3n) is 3.20. The van der Waals surface area contributed by atoms with Gasteiger partial charge in [0.1, 0.15) is 11.6 Å². The van der Waals surface area contributed by atoms with Crippen LogP contribution in [0.15, 0.2) is 42.5 Å². The van der Waals surface area contributed by atoms with Crippen LogP contribution in [0.4, 0.5) is 8.78 Å². The number of hydrogen-bond acceptors (Lipinski definition) is 3. The van der Waals surface area contributed by atoms with E-state index in [-0.39, 0.29) is 11.3 Å². The van der Waals surface area contributed by atoms with Gasteiger partial charge < -0.3 is 5.11 Å². The molecule has 3 nitrogen and oxygen atoms in total. The van der Waals surface area contributed by atoms with Gasteiger partial charge in [-0.2, -0.15) is 0 Å². The Morgan fingerprint density at radius 1 is 1.14 bits per heavy atom. The quantitative estimate of drug-likeness (QED) is 0.919. The van der Waals surface area contributed by atoms with E-state index >= 15 is 0 Å². The first kappa shape index (κ1) is 16.6. The predicted octanol–water partition coefficient (Wildman–Crippen LogP) is 2.92. The number of aliphatic hydroxyl groups is 1. The van der Waals surface area contributed by atoms with E-state index in [1.807, 2.05) is 13.0 Å². The largest absolute Gasteiger partial charge is 0.387 e. The molecule has 0 aliphatic heterocycles. The first-order valence-corrected chi connectivity index (χ1v) is 8.48. The first-order valence-electron chi connectivity index (χ1n) is 6.66. The van der Waals surface area contributed by atoms with Crippen molar-refractivity contribution in [3.05, 3.63) is 70.8 Å². The van der Waals surface area contributed by atoms with Crippen LogP contribution < -0.4 is 0 Å². The number of sulfone groups is 1. The van der Waals surface area contributed by atoms with Gasteiger partial charge in [-0.3, -0.25) is 0 Å². The van der Waals surface area contributed by atoms with Gasteiger partial charge in [-0.25, -0.2) is 17.2 Å². The van der Waals surface area contributed by atoms with Gasteiger partial charge in [-0.15, -0.1) is 0 Å². The number of rotatable bonds is 5. The summed E-state index contributed by atoms with van der Waals surface area (Å²) in [6.07, 6.45) is -1.61. The number of aryl methyl sites for hydroxylation is 1. The van der Waals surface area contributed by atoms with Crippen molar-refractivity contribution in [2.45, 2.75) is 18.8 Å². The molecule has 0 fully saturated rings. The molecule has 0 aliphatic carbocycles. The number of aliphatic hydroxyl groups excluding tert-OH is 1. The molecule has 0 saturated carbocycles. The fourth-order valence-corrected chi connectivity index (χ4v) is 3.68. The first-order chi connectivity index (χ1) is 10.3. The van der Waals surface area contributed by atoms with E-state index < -0.39 is 33.3 Å². The van der Waals surface area contributed by atoms with Crippen molar-refractivity contribution < 1.29 is 22.3 Å². The van der Waals surface area contributed by atoms with Gasteiger partial charge in [0.05, 0.1) is 17.6 Å². The fraction of sp³-hybridized carbons (Fsp3) is 0.250. The van der Waals surface area contributed by atoms with Crippen LogP contribution in [0.1, 0.15) is 22.8 Å². The SMILES string of the molecule is Cc1cccc(CS(=O)(=O)CC(O)c2cc(F)ccc2F)c1. The van der Waals surface area contributed by atoms with Crippen molar-refractivity contribution >= 4 is 9.84 Å². The molecule has 0 aromatic heterocycles. The van der Waals surface area contributed by atoms with Crippen LogP contribution in [0.25, 0.3) is 0 Å². The Hall–Kier alpha value is -1.79. The fourth-order valence-electron chi connectivity index (χ4n) is 2.22. The van der Waals surface area contributed by atoms with Crippen LogP contribution in [0.2, 0.25) is 0 Å². The molecule has 2 aromatic carbocycles. The van der Waals surface area contributed by atoms with E-state index in [1.165, 1.54) is 0 Å². The van der Waals surface area contributed by atoms with Crippen molar-refractivity contribution in [3.63, 3.8) is 0 Å². The smallest absolute Gasteiger partial charge is 0.157 e. The van der Waals surface area contributed by atoms with Crippen LogP contribution in [0.3, 0.4) is 0 Å². The summed E-state index contributed by atoms with van der Waals surface area (Å²) in [5.74, 6) is -2.49. The molecule has 0 aliphatic rings. The van der Waals surface area contributed by atoms with E-state index in [0.29, 0.717) is 5.56 Å². The lowest BCUT2D eigenvalue weighted by molar-refractivity contribution is 0.196. The second kappa shape index (κ2) is 6.54. The van der Waals surface area contributed by atoms with Crippen LogP contribution in [0, 0.1) is 18.6 Å². The molecule has 118 valence electrons. The van der Waals surface area contributed by atoms with Gasteiger partial charge in [-0.05, 0) is 30.7 Å². The average Bonchev–Trinajstić information content (AvgIpc) is 2.40. The van der Waals surface area contributed by atoms with Crippen molar-refractivity contribution in [2.24, 2.45) is 0 Å². The molecule has 0 saturated heterocycles. The summed E-state index contributed by atoms with van der Waals surface area (Å²) in [7, 11) is -3.67. The topological polar surface area (TPSA) is 54.4 Å². The Morgan fingerprint density at radius 2 is 1.86 bits per heavy atom. The van der Waals surface area contributed by atoms with Gasteiger partial charge in [0.2, 0.25) is 0 Å². The molecule has 2 rings (SSSR count). The summed E-state index contributed by atoms with van der Waals surface area (Å²) < 4.78 is 50.9. The van der Waals surface area contributed by atoms with Crippen LogP contribution in [-0.2, 0) is 15.6 Å². The Balaban J connectivity index is 2.16. The third-order valence-corrected chi connectivity index (χ3v) is 4.79. The van der Waals surface area contributed by atoms with Gasteiger partial charge >= 0.3 is 0 Å². The lowest BCUT2D eigenvalue weighted by Gasteiger charge is -2.13. The summed E-state index contributed by atoms with van der Waals surface area (Å²) in [5, 5.41) is 9.91. The van der Waals surface area contributed by atoms with Crippen LogP contribution >= 0.6 is 0 Å². The standard InChI is InChI=1S/C16H16F2O3S/c1-11-3-2-4-12(7-11)9-22(20,21)10-16(19)14-8-13(17)5-6-15(14)18/h2-8,16,19H,9-10H2,1H3. The lowest BCUT2D eigenvalue weighted by Crippen LogP contribution is -2.17. The van der Waals surface area contributed by atoms with Crippen molar-refractivity contribution in [2.75, 3.05) is 5.75 Å². The zero-order chi connectivity index (χ0) is 16.3. The molecule has 0 spiro atoms. The van der Waals surface area contributed by atoms with E-state index in [9.17, 15) is 22.3 Å². The number of hydrogen-bond donors (Lipinski definition) is 1. The predicted molar refractivity (Wildman–Crippen MR) is 80.0 cm³/mol. The minimum Gasteiger partial charge on any atom is -0.387 e. The van der Waals surface area contributed by atoms with Crippen LogP contribution in [-0.4, -0.2) is 19.3 Å². The molecule has 0 amide bonds. The molecule has 6 heteroatoms. The summed E-state index contributed by atoms with van der Waals surface area (Å²) in [4.78, 5) is 0. The van der Waals surface area contributed by atoms with E-state index in [1.54, 1.807) is 18.2 Å². The van der Waals surface area contributed by atoms with Crippen molar-refractivity contribution in [1.29, 1.82) is 0 Å². The van der Waals surface area contributed by atoms with Gasteiger partial charge in [0, 0.05) is 5.56 Å². The number of benzene rings is 2. The maximum absolute atomic E-state index is 13.6. The minimum absolute atomic E-state index is 0.261. The second-order valence-electron chi connectivity index (χ2n) is 5.23. The zero-order valence-corrected chi connectivity index (χ0v) is 12.8. The monoisotopic (exact) mass is 326 g/mol. The molecular formula is C16H16F2O3S. The van der Waals surface area contributed by atoms with Crippen molar-refractivity contribution in [3.8, 4) is 0 Å². The summed E-state index contributed by atoms with van der Waals surface area (Å²) in [5.41, 5.74) is 1.16. The summed E-state index contributed by atoms with van der Waals surface area (Å²) in [6.45, 7) is 1.84. The molecule has 2 aromatic rings. The molecule has 0 heterocycles. The lowest BCUT2D eigenvalue weighted by atomic mass is 10.1. The van der Waals surface area contributed by atoms with Crippen LogP contribution in [0.5, 0.6) is 0 Å². The summed E-state index contributed by atoms with van der Waals surface area (Å²) in [6, 6.07) is 9.55. The highest BCUT2D eigenvalue weighted by Crippen LogP contribution is 2.21. The molecule has 1 N–H and O–H groups in total. The van der Waals surface area contributed by atoms with Crippen molar-refractivity contribution in [1.82, 2.24) is 0 Å². The van der Waals surface area contributed by atoms with Gasteiger partial charge in [0.15, 0.2) is 9.84 Å². The van der Waals surface area contributed by atoms with E-state index in [4.69, 9.17) is 0 Å². The van der Waals surface area contributed by atoms with E-state index in [0.717, 1.165) is 23.8 Å². The Bertz CT molecular complexity index is 773. The Morgan fingerprint density at radius 3 is 2.55 bits per heavy atom. The molecule has 1 atom stereocenters. The van der Waals surface area contributed by atoms with Gasteiger partial charge in [-0.1, -0.05) is 29.8 Å². The second-order valence-corrected chi connectivity index (χ2v) is 7.33. The molecule has 0 bridgehead atoms. The van der Waals surface area contributed by atoms with Gasteiger partial charge in [0.25, 0.3) is 0 Å². The molecule has 0 radical (unpaired) electrons. The number of halogens is 2. The maximum Gasteiger partial charge on any atom is 0.157 e. The van der Waals surface area contributed by atoms with E-state index in [2.05, 4.69) is 0 Å². The highest BCUT2D eigenvalue weighted by molar-refractivity contribution is 7.90. The highest BCUT2D eigenvalue weighted by atomic mass is 32.2. The Labute approximate surface area is 128 Å². The summed E-state index contributed by atoms with van der Waals surface area (Å²) >= 11 is 0. The molecular weight excluding hydrogens is 310 g/mol. The maximum atomic E-state index is 13.6. The molecule has 1 unspecified atom stereocenters. The highest BCUT2D eigenvalue weighted by Gasteiger charge is 2.22. The molecule has 22 heavy (non-hydrogen) atoms. The Kier molecular flexibility index (Phi) is 4.93.